The Balaban J connectivity index is 2.74. The summed E-state index contributed by atoms with van der Waals surface area (Å²) >= 11 is 0. The lowest BCUT2D eigenvalue weighted by Crippen LogP contribution is -2.49. The van der Waals surface area contributed by atoms with Crippen molar-refractivity contribution in [3.8, 4) is 0 Å². The Hall–Kier alpha value is -0.610. The molecule has 4 heteroatoms. The largest absolute Gasteiger partial charge is 0.479 e. The van der Waals surface area contributed by atoms with Crippen molar-refractivity contribution in [3.05, 3.63) is 0 Å². The Morgan fingerprint density at radius 3 is 2.57 bits per heavy atom. The van der Waals surface area contributed by atoms with Gasteiger partial charge >= 0.3 is 5.97 Å². The maximum absolute atomic E-state index is 10.8. The van der Waals surface area contributed by atoms with E-state index < -0.39 is 11.6 Å². The van der Waals surface area contributed by atoms with Gasteiger partial charge in [0.1, 0.15) is 0 Å². The molecular weight excluding hydrogens is 184 g/mol. The van der Waals surface area contributed by atoms with E-state index in [-0.39, 0.29) is 11.5 Å². The zero-order valence-electron chi connectivity index (χ0n) is 8.91. The van der Waals surface area contributed by atoms with Crippen LogP contribution in [0.5, 0.6) is 0 Å². The molecule has 1 heterocycles. The van der Waals surface area contributed by atoms with Crippen LogP contribution in [0.1, 0.15) is 33.6 Å². The molecule has 2 unspecified atom stereocenters. The number of aliphatic hydroxyl groups is 1. The molecule has 2 atom stereocenters. The van der Waals surface area contributed by atoms with Gasteiger partial charge in [-0.1, -0.05) is 0 Å². The molecule has 1 saturated heterocycles. The molecule has 0 radical (unpaired) electrons. The first-order valence-electron chi connectivity index (χ1n) is 4.85. The quantitative estimate of drug-likeness (QED) is 0.701. The lowest BCUT2D eigenvalue weighted by atomic mass is 9.77. The molecule has 1 fully saturated rings. The summed E-state index contributed by atoms with van der Waals surface area (Å²) in [5.74, 6) is -1.39. The molecule has 0 aromatic heterocycles. The minimum absolute atomic E-state index is 0.233. The molecule has 82 valence electrons. The molecule has 1 aliphatic rings. The number of hydrogen-bond donors (Lipinski definition) is 2. The fourth-order valence-corrected chi connectivity index (χ4v) is 1.89. The van der Waals surface area contributed by atoms with E-state index in [1.165, 1.54) is 6.92 Å². The van der Waals surface area contributed by atoms with Crippen molar-refractivity contribution in [2.75, 3.05) is 6.61 Å². The number of hydrogen-bond acceptors (Lipinski definition) is 3. The van der Waals surface area contributed by atoms with Crippen LogP contribution in [0.2, 0.25) is 0 Å². The number of ether oxygens (including phenoxy) is 1. The van der Waals surface area contributed by atoms with Crippen LogP contribution in [0.25, 0.3) is 0 Å². The zero-order valence-corrected chi connectivity index (χ0v) is 8.91. The van der Waals surface area contributed by atoms with E-state index in [0.717, 1.165) is 0 Å². The predicted octanol–water partition coefficient (Wildman–Crippen LogP) is 1.03. The van der Waals surface area contributed by atoms with Crippen molar-refractivity contribution in [1.29, 1.82) is 0 Å². The highest BCUT2D eigenvalue weighted by Gasteiger charge is 2.44. The highest BCUT2D eigenvalue weighted by molar-refractivity contribution is 5.77. The fourth-order valence-electron chi connectivity index (χ4n) is 1.89. The number of carboxylic acids is 1. The van der Waals surface area contributed by atoms with Gasteiger partial charge in [0.15, 0.2) is 5.60 Å². The third kappa shape index (κ3) is 2.25. The smallest absolute Gasteiger partial charge is 0.335 e. The number of aliphatic carboxylic acids is 1. The van der Waals surface area contributed by atoms with Crippen molar-refractivity contribution in [2.45, 2.75) is 44.8 Å². The standard InChI is InChI=1S/C10H18O4/c1-9(2)6-7(4-5-14-9)10(3,13)8(11)12/h7,13H,4-6H2,1-3H3,(H,11,12). The molecule has 0 spiro atoms. The van der Waals surface area contributed by atoms with Crippen LogP contribution in [0.4, 0.5) is 0 Å². The molecule has 1 rings (SSSR count). The van der Waals surface area contributed by atoms with Crippen LogP contribution >= 0.6 is 0 Å². The fraction of sp³-hybridized carbons (Fsp3) is 0.900. The summed E-state index contributed by atoms with van der Waals surface area (Å²) in [4.78, 5) is 10.8. The molecule has 1 aliphatic heterocycles. The third-order valence-corrected chi connectivity index (χ3v) is 2.93. The monoisotopic (exact) mass is 202 g/mol. The lowest BCUT2D eigenvalue weighted by molar-refractivity contribution is -0.173. The van der Waals surface area contributed by atoms with Gasteiger partial charge in [-0.15, -0.1) is 0 Å². The van der Waals surface area contributed by atoms with Crippen molar-refractivity contribution in [1.82, 2.24) is 0 Å². The van der Waals surface area contributed by atoms with Gasteiger partial charge in [-0.3, -0.25) is 0 Å². The molecule has 14 heavy (non-hydrogen) atoms. The normalized spacial score (nSPS) is 30.7. The summed E-state index contributed by atoms with van der Waals surface area (Å²) in [5.41, 5.74) is -1.97. The first-order chi connectivity index (χ1) is 6.26. The van der Waals surface area contributed by atoms with Gasteiger partial charge in [-0.2, -0.15) is 0 Å². The van der Waals surface area contributed by atoms with Crippen LogP contribution in [0.3, 0.4) is 0 Å². The molecule has 0 bridgehead atoms. The van der Waals surface area contributed by atoms with E-state index in [1.54, 1.807) is 0 Å². The Morgan fingerprint density at radius 1 is 1.57 bits per heavy atom. The first kappa shape index (κ1) is 11.5. The highest BCUT2D eigenvalue weighted by Crippen LogP contribution is 2.35. The van der Waals surface area contributed by atoms with Gasteiger partial charge in [-0.25, -0.2) is 4.79 Å². The average Bonchev–Trinajstić information content (AvgIpc) is 2.02. The highest BCUT2D eigenvalue weighted by atomic mass is 16.5. The molecular formula is C10H18O4. The van der Waals surface area contributed by atoms with Crippen LogP contribution in [0.15, 0.2) is 0 Å². The molecule has 2 N–H and O–H groups in total. The molecule has 0 saturated carbocycles. The van der Waals surface area contributed by atoms with Gasteiger partial charge in [0, 0.05) is 12.5 Å². The van der Waals surface area contributed by atoms with E-state index in [0.29, 0.717) is 19.4 Å². The van der Waals surface area contributed by atoms with Crippen molar-refractivity contribution < 1.29 is 19.7 Å². The van der Waals surface area contributed by atoms with E-state index in [1.807, 2.05) is 13.8 Å². The third-order valence-electron chi connectivity index (χ3n) is 2.93. The second-order valence-corrected chi connectivity index (χ2v) is 4.75. The summed E-state index contributed by atoms with van der Waals surface area (Å²) in [6, 6.07) is 0. The summed E-state index contributed by atoms with van der Waals surface area (Å²) in [5, 5.41) is 18.7. The Kier molecular flexibility index (Phi) is 2.88. The molecule has 0 aromatic carbocycles. The second-order valence-electron chi connectivity index (χ2n) is 4.75. The Bertz CT molecular complexity index is 232. The number of carboxylic acid groups (broad SMARTS) is 1. The maximum atomic E-state index is 10.8. The number of rotatable bonds is 2. The molecule has 0 amide bonds. The predicted molar refractivity (Wildman–Crippen MR) is 51.0 cm³/mol. The van der Waals surface area contributed by atoms with Crippen molar-refractivity contribution in [2.24, 2.45) is 5.92 Å². The molecule has 0 aromatic rings. The summed E-state index contributed by atoms with van der Waals surface area (Å²) in [7, 11) is 0. The van der Waals surface area contributed by atoms with Crippen LogP contribution < -0.4 is 0 Å². The number of carbonyl (C=O) groups is 1. The van der Waals surface area contributed by atoms with E-state index >= 15 is 0 Å². The second kappa shape index (κ2) is 3.51. The van der Waals surface area contributed by atoms with Crippen LogP contribution in [-0.2, 0) is 9.53 Å². The van der Waals surface area contributed by atoms with Gasteiger partial charge in [0.25, 0.3) is 0 Å². The topological polar surface area (TPSA) is 66.8 Å². The SMILES string of the molecule is CC1(C)CC(C(C)(O)C(=O)O)CCO1. The maximum Gasteiger partial charge on any atom is 0.335 e. The Morgan fingerprint density at radius 2 is 2.14 bits per heavy atom. The van der Waals surface area contributed by atoms with Gasteiger partial charge in [0.2, 0.25) is 0 Å². The lowest BCUT2D eigenvalue weighted by Gasteiger charge is -2.40. The van der Waals surface area contributed by atoms with Gasteiger partial charge in [-0.05, 0) is 33.6 Å². The van der Waals surface area contributed by atoms with E-state index in [2.05, 4.69) is 0 Å². The minimum atomic E-state index is -1.64. The molecule has 0 aliphatic carbocycles. The van der Waals surface area contributed by atoms with Gasteiger partial charge in [0.05, 0.1) is 5.60 Å². The Labute approximate surface area is 83.9 Å². The van der Waals surface area contributed by atoms with Gasteiger partial charge < -0.3 is 14.9 Å². The van der Waals surface area contributed by atoms with Crippen molar-refractivity contribution in [3.63, 3.8) is 0 Å². The summed E-state index contributed by atoms with van der Waals surface area (Å²) < 4.78 is 5.47. The first-order valence-corrected chi connectivity index (χ1v) is 4.85. The minimum Gasteiger partial charge on any atom is -0.479 e. The average molecular weight is 202 g/mol. The summed E-state index contributed by atoms with van der Waals surface area (Å²) in [6.07, 6.45) is 1.18. The van der Waals surface area contributed by atoms with E-state index in [4.69, 9.17) is 9.84 Å². The van der Waals surface area contributed by atoms with Crippen molar-refractivity contribution >= 4 is 5.97 Å². The van der Waals surface area contributed by atoms with Crippen LogP contribution in [-0.4, -0.2) is 34.0 Å². The van der Waals surface area contributed by atoms with E-state index in [9.17, 15) is 9.90 Å². The zero-order chi connectivity index (χ0) is 11.0. The summed E-state index contributed by atoms with van der Waals surface area (Å²) in [6.45, 7) is 5.71. The molecule has 4 nitrogen and oxygen atoms in total. The van der Waals surface area contributed by atoms with Crippen LogP contribution in [0, 0.1) is 5.92 Å².